The summed E-state index contributed by atoms with van der Waals surface area (Å²) in [6.07, 6.45) is 7.70. The highest BCUT2D eigenvalue weighted by molar-refractivity contribution is 5.67. The number of aryl methyl sites for hydroxylation is 1. The lowest BCUT2D eigenvalue weighted by atomic mass is 9.85. The molecule has 0 bridgehead atoms. The van der Waals surface area contributed by atoms with Gasteiger partial charge in [-0.1, -0.05) is 58.2 Å². The molecule has 0 atom stereocenters. The predicted molar refractivity (Wildman–Crippen MR) is 103 cm³/mol. The van der Waals surface area contributed by atoms with Gasteiger partial charge in [0.2, 0.25) is 0 Å². The van der Waals surface area contributed by atoms with Gasteiger partial charge in [-0.2, -0.15) is 0 Å². The maximum Gasteiger partial charge on any atom is 0.0398 e. The van der Waals surface area contributed by atoms with Crippen molar-refractivity contribution in [3.63, 3.8) is 0 Å². The molecule has 0 aliphatic carbocycles. The van der Waals surface area contributed by atoms with Gasteiger partial charge >= 0.3 is 0 Å². The SMILES string of the molecule is C=C/C=C(\C=C/N(C)C)NC(=C)c1ccc(C(C)(C)C)cc1C. The molecule has 0 saturated heterocycles. The Morgan fingerprint density at radius 1 is 1.22 bits per heavy atom. The van der Waals surface area contributed by atoms with Gasteiger partial charge in [-0.15, -0.1) is 0 Å². The lowest BCUT2D eigenvalue weighted by Gasteiger charge is -2.21. The van der Waals surface area contributed by atoms with Gasteiger partial charge in [-0.05, 0) is 35.6 Å². The summed E-state index contributed by atoms with van der Waals surface area (Å²) in [6, 6.07) is 6.57. The molecule has 1 aromatic rings. The quantitative estimate of drug-likeness (QED) is 0.744. The van der Waals surface area contributed by atoms with Crippen molar-refractivity contribution in [2.45, 2.75) is 33.1 Å². The average molecular weight is 310 g/mol. The van der Waals surface area contributed by atoms with Gasteiger partial charge in [-0.3, -0.25) is 0 Å². The van der Waals surface area contributed by atoms with Crippen LogP contribution in [0.3, 0.4) is 0 Å². The van der Waals surface area contributed by atoms with Crippen LogP contribution in [0.25, 0.3) is 5.70 Å². The van der Waals surface area contributed by atoms with Gasteiger partial charge in [0.25, 0.3) is 0 Å². The molecule has 2 heteroatoms. The summed E-state index contributed by atoms with van der Waals surface area (Å²) in [6.45, 7) is 16.8. The molecule has 0 fully saturated rings. The van der Waals surface area contributed by atoms with Crippen molar-refractivity contribution in [1.82, 2.24) is 10.2 Å². The van der Waals surface area contributed by atoms with Crippen molar-refractivity contribution in [2.75, 3.05) is 14.1 Å². The summed E-state index contributed by atoms with van der Waals surface area (Å²) >= 11 is 0. The van der Waals surface area contributed by atoms with Gasteiger partial charge in [0.15, 0.2) is 0 Å². The third-order valence-electron chi connectivity index (χ3n) is 3.56. The fourth-order valence-electron chi connectivity index (χ4n) is 2.21. The second-order valence-electron chi connectivity index (χ2n) is 7.02. The molecule has 0 aliphatic heterocycles. The van der Waals surface area contributed by atoms with Gasteiger partial charge in [-0.25, -0.2) is 0 Å². The second kappa shape index (κ2) is 7.87. The molecule has 0 aliphatic rings. The molecule has 124 valence electrons. The van der Waals surface area contributed by atoms with Crippen LogP contribution in [0.4, 0.5) is 0 Å². The molecular weight excluding hydrogens is 280 g/mol. The third-order valence-corrected chi connectivity index (χ3v) is 3.56. The zero-order valence-electron chi connectivity index (χ0n) is 15.4. The van der Waals surface area contributed by atoms with Crippen LogP contribution >= 0.6 is 0 Å². The summed E-state index contributed by atoms with van der Waals surface area (Å²) in [5, 5.41) is 3.37. The standard InChI is InChI=1S/C21H30N2/c1-9-10-19(13-14-23(7)8)22-17(3)20-12-11-18(15-16(20)2)21(4,5)6/h9-15,22H,1,3H2,2,4-8H3/b14-13-,19-10+. The Labute approximate surface area is 141 Å². The normalized spacial score (nSPS) is 12.3. The van der Waals surface area contributed by atoms with E-state index in [0.717, 1.165) is 17.0 Å². The van der Waals surface area contributed by atoms with E-state index < -0.39 is 0 Å². The maximum atomic E-state index is 4.19. The van der Waals surface area contributed by atoms with E-state index in [-0.39, 0.29) is 5.41 Å². The monoisotopic (exact) mass is 310 g/mol. The Balaban J connectivity index is 3.01. The number of nitrogens with one attached hydrogen (secondary N) is 1. The first-order valence-corrected chi connectivity index (χ1v) is 7.90. The fraction of sp³-hybridized carbons (Fsp3) is 0.333. The van der Waals surface area contributed by atoms with Crippen LogP contribution in [-0.4, -0.2) is 19.0 Å². The van der Waals surface area contributed by atoms with Crippen molar-refractivity contribution in [2.24, 2.45) is 0 Å². The lowest BCUT2D eigenvalue weighted by Crippen LogP contribution is -2.14. The minimum atomic E-state index is 0.153. The highest BCUT2D eigenvalue weighted by Gasteiger charge is 2.15. The highest BCUT2D eigenvalue weighted by atomic mass is 15.0. The van der Waals surface area contributed by atoms with Crippen LogP contribution in [0.2, 0.25) is 0 Å². The molecule has 2 nitrogen and oxygen atoms in total. The van der Waals surface area contributed by atoms with E-state index in [9.17, 15) is 0 Å². The minimum Gasteiger partial charge on any atom is -0.383 e. The largest absolute Gasteiger partial charge is 0.383 e. The number of allylic oxidation sites excluding steroid dienone is 3. The number of rotatable bonds is 6. The first-order chi connectivity index (χ1) is 10.6. The van der Waals surface area contributed by atoms with Crippen molar-refractivity contribution in [3.8, 4) is 0 Å². The molecule has 0 heterocycles. The Hall–Kier alpha value is -2.22. The summed E-state index contributed by atoms with van der Waals surface area (Å²) in [7, 11) is 3.98. The average Bonchev–Trinajstić information content (AvgIpc) is 2.43. The molecule has 0 radical (unpaired) electrons. The maximum absolute atomic E-state index is 4.19. The Kier molecular flexibility index (Phi) is 6.44. The van der Waals surface area contributed by atoms with Crippen LogP contribution in [0.1, 0.15) is 37.5 Å². The van der Waals surface area contributed by atoms with E-state index in [4.69, 9.17) is 0 Å². The van der Waals surface area contributed by atoms with E-state index in [1.807, 2.05) is 37.3 Å². The zero-order chi connectivity index (χ0) is 17.6. The van der Waals surface area contributed by atoms with Gasteiger partial charge < -0.3 is 10.2 Å². The first kappa shape index (κ1) is 18.8. The highest BCUT2D eigenvalue weighted by Crippen LogP contribution is 2.26. The van der Waals surface area contributed by atoms with Gasteiger partial charge in [0, 0.05) is 37.3 Å². The molecular formula is C21H30N2. The Bertz CT molecular complexity index is 626. The van der Waals surface area contributed by atoms with E-state index in [2.05, 4.69) is 64.4 Å². The van der Waals surface area contributed by atoms with Crippen molar-refractivity contribution < 1.29 is 0 Å². The Morgan fingerprint density at radius 2 is 1.87 bits per heavy atom. The summed E-state index contributed by atoms with van der Waals surface area (Å²) in [5.41, 5.74) is 5.69. The Morgan fingerprint density at radius 3 is 2.35 bits per heavy atom. The lowest BCUT2D eigenvalue weighted by molar-refractivity contribution is 0.563. The third kappa shape index (κ3) is 5.82. The minimum absolute atomic E-state index is 0.153. The van der Waals surface area contributed by atoms with E-state index in [1.54, 1.807) is 6.08 Å². The second-order valence-corrected chi connectivity index (χ2v) is 7.02. The van der Waals surface area contributed by atoms with Crippen molar-refractivity contribution in [1.29, 1.82) is 0 Å². The van der Waals surface area contributed by atoms with Crippen LogP contribution in [0.15, 0.2) is 61.5 Å². The molecule has 0 spiro atoms. The molecule has 0 aromatic heterocycles. The molecule has 0 unspecified atom stereocenters. The van der Waals surface area contributed by atoms with Gasteiger partial charge in [0.05, 0.1) is 0 Å². The summed E-state index contributed by atoms with van der Waals surface area (Å²) in [4.78, 5) is 1.99. The molecule has 1 aromatic carbocycles. The van der Waals surface area contributed by atoms with Gasteiger partial charge in [0.1, 0.15) is 0 Å². The van der Waals surface area contributed by atoms with Crippen LogP contribution in [-0.2, 0) is 5.41 Å². The zero-order valence-corrected chi connectivity index (χ0v) is 15.4. The van der Waals surface area contributed by atoms with Crippen LogP contribution in [0.5, 0.6) is 0 Å². The molecule has 0 amide bonds. The molecule has 1 N–H and O–H groups in total. The van der Waals surface area contributed by atoms with Crippen LogP contribution in [0, 0.1) is 6.92 Å². The van der Waals surface area contributed by atoms with Crippen LogP contribution < -0.4 is 5.32 Å². The molecule has 0 saturated carbocycles. The number of benzene rings is 1. The fourth-order valence-corrected chi connectivity index (χ4v) is 2.21. The first-order valence-electron chi connectivity index (χ1n) is 7.90. The van der Waals surface area contributed by atoms with Crippen molar-refractivity contribution in [3.05, 3.63) is 78.2 Å². The van der Waals surface area contributed by atoms with E-state index in [0.29, 0.717) is 0 Å². The summed E-state index contributed by atoms with van der Waals surface area (Å²) in [5.74, 6) is 0. The number of hydrogen-bond donors (Lipinski definition) is 1. The molecule has 1 rings (SSSR count). The predicted octanol–water partition coefficient (Wildman–Crippen LogP) is 5.00. The van der Waals surface area contributed by atoms with E-state index >= 15 is 0 Å². The van der Waals surface area contributed by atoms with E-state index in [1.165, 1.54) is 11.1 Å². The number of nitrogens with zero attached hydrogens (tertiary/aromatic N) is 1. The number of hydrogen-bond acceptors (Lipinski definition) is 2. The smallest absolute Gasteiger partial charge is 0.0398 e. The summed E-state index contributed by atoms with van der Waals surface area (Å²) < 4.78 is 0. The van der Waals surface area contributed by atoms with Crippen molar-refractivity contribution >= 4 is 5.70 Å². The topological polar surface area (TPSA) is 15.3 Å². The molecule has 23 heavy (non-hydrogen) atoms.